The fraction of sp³-hybridized carbons (Fsp3) is 1.00. The maximum absolute atomic E-state index is 10.6. The van der Waals surface area contributed by atoms with Crippen LogP contribution in [-0.2, 0) is 14.2 Å². The van der Waals surface area contributed by atoms with Gasteiger partial charge in [0.2, 0.25) is 0 Å². The molecule has 5 atom stereocenters. The van der Waals surface area contributed by atoms with Crippen molar-refractivity contribution in [3.63, 3.8) is 0 Å². The van der Waals surface area contributed by atoms with E-state index in [1.54, 1.807) is 0 Å². The first-order chi connectivity index (χ1) is 12.2. The zero-order chi connectivity index (χ0) is 19.7. The molecule has 1 rings (SSSR count). The predicted molar refractivity (Wildman–Crippen MR) is 101 cm³/mol. The monoisotopic (exact) mass is 376 g/mol. The van der Waals surface area contributed by atoms with E-state index in [-0.39, 0.29) is 12.7 Å². The Kier molecular flexibility index (Phi) is 10.6. The van der Waals surface area contributed by atoms with Gasteiger partial charge in [-0.2, -0.15) is 0 Å². The Morgan fingerprint density at radius 2 is 1.62 bits per heavy atom. The van der Waals surface area contributed by atoms with E-state index >= 15 is 0 Å². The van der Waals surface area contributed by atoms with Crippen molar-refractivity contribution in [3.05, 3.63) is 0 Å². The number of rotatable bonds is 12. The molecule has 0 amide bonds. The first-order valence-corrected chi connectivity index (χ1v) is 10.2. The third-order valence-electron chi connectivity index (χ3n) is 4.95. The third-order valence-corrected chi connectivity index (χ3v) is 4.95. The summed E-state index contributed by atoms with van der Waals surface area (Å²) in [5.74, 6) is 0. The molecule has 1 heterocycles. The third kappa shape index (κ3) is 7.06. The molecule has 3 N–H and O–H groups in total. The minimum absolute atomic E-state index is 0.145. The number of ether oxygens (including phenoxy) is 3. The summed E-state index contributed by atoms with van der Waals surface area (Å²) < 4.78 is 17.5. The van der Waals surface area contributed by atoms with Crippen LogP contribution >= 0.6 is 0 Å². The van der Waals surface area contributed by atoms with Crippen molar-refractivity contribution in [3.8, 4) is 0 Å². The highest BCUT2D eigenvalue weighted by Crippen LogP contribution is 2.32. The van der Waals surface area contributed by atoms with E-state index in [9.17, 15) is 15.3 Å². The largest absolute Gasteiger partial charge is 0.394 e. The van der Waals surface area contributed by atoms with Crippen molar-refractivity contribution in [2.45, 2.75) is 115 Å². The standard InChI is InChI=1S/C20H40O6/c1-6-7-8-9-10-11-12-24-20(4,5)19-17(23)16(22)18(25-14(2)3)15(13-21)26-19/h14-19,21-23H,6-13H2,1-5H3. The lowest BCUT2D eigenvalue weighted by molar-refractivity contribution is -0.284. The van der Waals surface area contributed by atoms with Gasteiger partial charge in [0, 0.05) is 6.61 Å². The smallest absolute Gasteiger partial charge is 0.115 e. The van der Waals surface area contributed by atoms with Gasteiger partial charge in [-0.15, -0.1) is 0 Å². The SMILES string of the molecule is CCCCCCCCOC(C)(C)C1OC(CO)C(OC(C)C)C(O)C1O. The van der Waals surface area contributed by atoms with Crippen LogP contribution in [0, 0.1) is 0 Å². The normalized spacial score (nSPS) is 30.1. The van der Waals surface area contributed by atoms with Gasteiger partial charge >= 0.3 is 0 Å². The molecule has 0 saturated carbocycles. The molecule has 0 aromatic rings. The Morgan fingerprint density at radius 1 is 1.00 bits per heavy atom. The van der Waals surface area contributed by atoms with Crippen LogP contribution in [0.3, 0.4) is 0 Å². The van der Waals surface area contributed by atoms with Gasteiger partial charge in [-0.05, 0) is 34.1 Å². The van der Waals surface area contributed by atoms with E-state index < -0.39 is 36.1 Å². The molecule has 1 aliphatic rings. The zero-order valence-corrected chi connectivity index (χ0v) is 17.2. The minimum atomic E-state index is -1.14. The molecule has 0 aliphatic carbocycles. The molecule has 0 radical (unpaired) electrons. The van der Waals surface area contributed by atoms with Gasteiger partial charge in [-0.25, -0.2) is 0 Å². The summed E-state index contributed by atoms with van der Waals surface area (Å²) in [6, 6.07) is 0. The molecule has 1 saturated heterocycles. The van der Waals surface area contributed by atoms with Crippen molar-refractivity contribution in [2.75, 3.05) is 13.2 Å². The van der Waals surface area contributed by atoms with Crippen molar-refractivity contribution < 1.29 is 29.5 Å². The average molecular weight is 377 g/mol. The maximum Gasteiger partial charge on any atom is 0.115 e. The number of aliphatic hydroxyl groups excluding tert-OH is 3. The van der Waals surface area contributed by atoms with Crippen LogP contribution in [0.2, 0.25) is 0 Å². The average Bonchev–Trinajstić information content (AvgIpc) is 2.58. The van der Waals surface area contributed by atoms with Gasteiger partial charge in [0.05, 0.1) is 18.3 Å². The quantitative estimate of drug-likeness (QED) is 0.453. The first-order valence-electron chi connectivity index (χ1n) is 10.2. The lowest BCUT2D eigenvalue weighted by atomic mass is 9.86. The van der Waals surface area contributed by atoms with Crippen LogP contribution in [0.5, 0.6) is 0 Å². The molecular weight excluding hydrogens is 336 g/mol. The van der Waals surface area contributed by atoms with Crippen molar-refractivity contribution in [2.24, 2.45) is 0 Å². The fourth-order valence-corrected chi connectivity index (χ4v) is 3.44. The van der Waals surface area contributed by atoms with Gasteiger partial charge < -0.3 is 29.5 Å². The molecule has 0 bridgehead atoms. The second kappa shape index (κ2) is 11.6. The van der Waals surface area contributed by atoms with Crippen molar-refractivity contribution in [1.29, 1.82) is 0 Å². The summed E-state index contributed by atoms with van der Waals surface area (Å²) in [7, 11) is 0. The molecule has 156 valence electrons. The predicted octanol–water partition coefficient (Wildman–Crippen LogP) is 2.42. The summed E-state index contributed by atoms with van der Waals surface area (Å²) in [6.07, 6.45) is 2.44. The topological polar surface area (TPSA) is 88.4 Å². The van der Waals surface area contributed by atoms with E-state index in [4.69, 9.17) is 14.2 Å². The van der Waals surface area contributed by atoms with Crippen LogP contribution in [-0.4, -0.2) is 70.8 Å². The molecule has 0 spiro atoms. The Labute approximate surface area is 158 Å². The lowest BCUT2D eigenvalue weighted by Gasteiger charge is -2.47. The number of hydrogen-bond donors (Lipinski definition) is 3. The molecule has 6 heteroatoms. The Bertz CT molecular complexity index is 371. The fourth-order valence-electron chi connectivity index (χ4n) is 3.44. The molecule has 6 nitrogen and oxygen atoms in total. The van der Waals surface area contributed by atoms with Crippen LogP contribution < -0.4 is 0 Å². The van der Waals surface area contributed by atoms with E-state index in [0.717, 1.165) is 12.8 Å². The summed E-state index contributed by atoms with van der Waals surface area (Å²) >= 11 is 0. The molecule has 1 fully saturated rings. The number of hydrogen-bond acceptors (Lipinski definition) is 6. The van der Waals surface area contributed by atoms with Gasteiger partial charge in [-0.3, -0.25) is 0 Å². The molecule has 26 heavy (non-hydrogen) atoms. The van der Waals surface area contributed by atoms with Crippen LogP contribution in [0.15, 0.2) is 0 Å². The van der Waals surface area contributed by atoms with Crippen LogP contribution in [0.4, 0.5) is 0 Å². The van der Waals surface area contributed by atoms with E-state index in [2.05, 4.69) is 6.92 Å². The van der Waals surface area contributed by atoms with Gasteiger partial charge in [-0.1, -0.05) is 39.0 Å². The number of aliphatic hydroxyl groups is 3. The van der Waals surface area contributed by atoms with Gasteiger partial charge in [0.1, 0.15) is 30.5 Å². The first kappa shape index (κ1) is 23.8. The van der Waals surface area contributed by atoms with E-state index in [0.29, 0.717) is 6.61 Å². The Morgan fingerprint density at radius 3 is 2.19 bits per heavy atom. The van der Waals surface area contributed by atoms with E-state index in [1.807, 2.05) is 27.7 Å². The Balaban J connectivity index is 2.56. The second-order valence-electron chi connectivity index (χ2n) is 8.13. The van der Waals surface area contributed by atoms with Crippen LogP contribution in [0.1, 0.15) is 73.1 Å². The summed E-state index contributed by atoms with van der Waals surface area (Å²) in [4.78, 5) is 0. The molecule has 5 unspecified atom stereocenters. The van der Waals surface area contributed by atoms with E-state index in [1.165, 1.54) is 25.7 Å². The summed E-state index contributed by atoms with van der Waals surface area (Å²) in [5, 5.41) is 30.7. The Hall–Kier alpha value is -0.240. The van der Waals surface area contributed by atoms with Crippen molar-refractivity contribution in [1.82, 2.24) is 0 Å². The molecule has 0 aromatic heterocycles. The molecule has 1 aliphatic heterocycles. The minimum Gasteiger partial charge on any atom is -0.394 e. The highest BCUT2D eigenvalue weighted by atomic mass is 16.6. The zero-order valence-electron chi connectivity index (χ0n) is 17.2. The molecular formula is C20H40O6. The van der Waals surface area contributed by atoms with Crippen LogP contribution in [0.25, 0.3) is 0 Å². The highest BCUT2D eigenvalue weighted by Gasteiger charge is 2.50. The molecule has 0 aromatic carbocycles. The maximum atomic E-state index is 10.6. The summed E-state index contributed by atoms with van der Waals surface area (Å²) in [5.41, 5.74) is -0.778. The second-order valence-corrected chi connectivity index (χ2v) is 8.13. The highest BCUT2D eigenvalue weighted by molar-refractivity contribution is 4.99. The summed E-state index contributed by atoms with van der Waals surface area (Å²) in [6.45, 7) is 9.88. The van der Waals surface area contributed by atoms with Gasteiger partial charge in [0.25, 0.3) is 0 Å². The van der Waals surface area contributed by atoms with Crippen molar-refractivity contribution >= 4 is 0 Å². The lowest BCUT2D eigenvalue weighted by Crippen LogP contribution is -2.65. The number of unbranched alkanes of at least 4 members (excludes halogenated alkanes) is 5. The van der Waals surface area contributed by atoms with Gasteiger partial charge in [0.15, 0.2) is 0 Å².